The lowest BCUT2D eigenvalue weighted by atomic mass is 9.64. The first-order valence-electron chi connectivity index (χ1n) is 53.5. The van der Waals surface area contributed by atoms with Gasteiger partial charge in [-0.05, 0) is 282 Å². The van der Waals surface area contributed by atoms with Crippen LogP contribution < -0.4 is 0 Å². The molecule has 39 nitrogen and oxygen atoms in total. The molecule has 20 fully saturated rings. The minimum absolute atomic E-state index is 0.0231. The molecule has 0 amide bonds. The number of hydrogen-bond donors (Lipinski definition) is 2. The minimum Gasteiger partial charge on any atom is -0.469 e. The highest BCUT2D eigenvalue weighted by Crippen LogP contribution is 2.71. The summed E-state index contributed by atoms with van der Waals surface area (Å²) in [7, 11) is 1.42. The van der Waals surface area contributed by atoms with E-state index in [4.69, 9.17) is 104 Å². The number of allylic oxidation sites excluding steroid dienone is 1. The summed E-state index contributed by atoms with van der Waals surface area (Å²) in [4.78, 5) is 166. The Morgan fingerprint density at radius 1 is 0.347 bits per heavy atom. The van der Waals surface area contributed by atoms with Crippen molar-refractivity contribution in [2.75, 3.05) is 13.7 Å². The standard InChI is InChI=1S/C18H26O7.C16H24O6.C15H22O7.C14H18O2.C13H20O4.C13H18O4.C12H18O7.C7H14O2/c1-4-17(2,3)16(20)23-12-10-11(21-14(12)19)13-15(22-10)25-18(24-13)8-6-5-7-9-18;1-6-15(2,3)14(18)20-11-8-7-9-12(10(8)19-13(11)17)22-16(4,5)21-9;1-6-14(2,3)13(17)20-9-7-8(18-11(9)16)10-12(19-7)22-15(4,5)21-10;15-14-13-9-4-8(10(13)5-16-14)11-6-1-2-7(3-6)12(9)11;2*1-4-13(2,3)12(15)17-10-8-6-5-7-9(8)16-11(10)14;1-4-12(2,3)11(16)19-8-7-6(17-10(8)15)5(13)9(14)18-7;1-5-7(2,3)6(8)9-4/h10-13,15H,4-9H2,1-3H3;8-12H,6-7H2,1-5H3;7-10,12H,6H2,1-5H3;6-13H,1-5H2;8-10H,4-7H2,1-3H3;5,7-10H,4,6H2,1-3H3;5-9,13-14H,4H2,1-3H3;5H2,1-4H3. The molecule has 0 aromatic carbocycles. The minimum atomic E-state index is -1.44. The molecule has 34 unspecified atom stereocenters. The van der Waals surface area contributed by atoms with Gasteiger partial charge in [-0.15, -0.1) is 0 Å². The molecule has 0 radical (unpaired) electrons. The van der Waals surface area contributed by atoms with Crippen LogP contribution in [0.3, 0.4) is 0 Å². The molecule has 13 saturated heterocycles. The van der Waals surface area contributed by atoms with Crippen molar-refractivity contribution in [3.8, 4) is 0 Å². The van der Waals surface area contributed by atoms with Crippen LogP contribution in [0.5, 0.6) is 0 Å². The lowest BCUT2D eigenvalue weighted by Crippen LogP contribution is -2.41. The van der Waals surface area contributed by atoms with Gasteiger partial charge in [-0.2, -0.15) is 0 Å². The van der Waals surface area contributed by atoms with Crippen molar-refractivity contribution in [3.63, 3.8) is 0 Å². The number of cyclic esters (lactones) is 1. The van der Waals surface area contributed by atoms with Crippen molar-refractivity contribution >= 4 is 83.6 Å². The van der Waals surface area contributed by atoms with Crippen LogP contribution in [0.1, 0.15) is 308 Å². The quantitative estimate of drug-likeness (QED) is 0.0495. The van der Waals surface area contributed by atoms with E-state index in [1.807, 2.05) is 130 Å². The number of esters is 14. The van der Waals surface area contributed by atoms with E-state index >= 15 is 0 Å². The molecule has 8 aliphatic carbocycles. The summed E-state index contributed by atoms with van der Waals surface area (Å²) in [6.07, 6.45) is 7.43. The molecular weight excluding hydrogens is 1920 g/mol. The van der Waals surface area contributed by atoms with Gasteiger partial charge in [0.2, 0.25) is 36.6 Å². The summed E-state index contributed by atoms with van der Waals surface area (Å²) in [5, 5.41) is 18.9. The van der Waals surface area contributed by atoms with Gasteiger partial charge in [0.25, 0.3) is 0 Å². The molecule has 39 heteroatoms. The maximum atomic E-state index is 12.3. The SMILES string of the molecule is CCC(C)(C)C(=O)OC.CCC(C)(C)C(=O)OC1C(=O)OC2C(O)C(O)OC12.CCC(C)(C)C(=O)OC1C(=O)OC2C1CC1OC(C)(C)OC12.CCC(C)(C)C(=O)OC1C(=O)OC2C3OC(C)(C)OC3OC12.CCC(C)(C)C(=O)OC1C(=O)OC2C3OC4(CCCCC4)OC3OC12.CCC(C)(C)C(=O)OC1C(=O)OC2C=CCC21.CCC(C)(C)C(=O)OC1C(=O)OC2CCCC21.O=C1OCC2C3CC(C12)C1C2CCC(C2)C31. The Morgan fingerprint density at radius 3 is 1.22 bits per heavy atom. The van der Waals surface area contributed by atoms with Crippen LogP contribution in [-0.2, 0) is 176 Å². The van der Waals surface area contributed by atoms with Gasteiger partial charge < -0.3 is 119 Å². The zero-order valence-electron chi connectivity index (χ0n) is 90.3. The Hall–Kier alpha value is -8.12. The number of fused-ring (bicyclic) bond motifs is 24. The first kappa shape index (κ1) is 114. The van der Waals surface area contributed by atoms with E-state index in [0.29, 0.717) is 56.8 Å². The fourth-order valence-corrected chi connectivity index (χ4v) is 23.3. The van der Waals surface area contributed by atoms with Gasteiger partial charge in [-0.3, -0.25) is 38.4 Å². The van der Waals surface area contributed by atoms with Gasteiger partial charge in [0.05, 0.1) is 69.6 Å². The molecule has 1 spiro atoms. The van der Waals surface area contributed by atoms with Crippen LogP contribution in [0, 0.1) is 103 Å². The maximum Gasteiger partial charge on any atom is 0.350 e. The largest absolute Gasteiger partial charge is 0.469 e. The number of carbonyl (C=O) groups excluding carboxylic acids is 14. The van der Waals surface area contributed by atoms with Crippen LogP contribution in [0.2, 0.25) is 0 Å². The predicted octanol–water partition coefficient (Wildman–Crippen LogP) is 11.9. The van der Waals surface area contributed by atoms with Crippen LogP contribution in [-0.4, -0.2) is 266 Å². The second-order valence-electron chi connectivity index (χ2n) is 48.6. The van der Waals surface area contributed by atoms with Crippen LogP contribution in [0.25, 0.3) is 0 Å². The molecule has 147 heavy (non-hydrogen) atoms. The Balaban J connectivity index is 0.000000134. The van der Waals surface area contributed by atoms with Crippen LogP contribution in [0.15, 0.2) is 12.2 Å². The van der Waals surface area contributed by atoms with Gasteiger partial charge in [-0.25, -0.2) is 28.8 Å². The molecule has 7 saturated carbocycles. The second-order valence-corrected chi connectivity index (χ2v) is 48.6. The van der Waals surface area contributed by atoms with Crippen molar-refractivity contribution in [1.82, 2.24) is 0 Å². The smallest absolute Gasteiger partial charge is 0.350 e. The summed E-state index contributed by atoms with van der Waals surface area (Å²) in [5.41, 5.74) is -4.06. The number of methoxy groups -OCH3 is 1. The molecule has 0 aromatic heterocycles. The monoisotopic (exact) mass is 2080 g/mol. The highest BCUT2D eigenvalue weighted by Gasteiger charge is 2.72. The molecule has 13 heterocycles. The topological polar surface area (TPSA) is 492 Å². The fourth-order valence-electron chi connectivity index (χ4n) is 23.3. The van der Waals surface area contributed by atoms with E-state index in [1.165, 1.54) is 39.2 Å². The number of carbonyl (C=O) groups is 14. The normalized spacial score (nSPS) is 38.4. The molecule has 21 rings (SSSR count). The molecule has 34 atom stereocenters. The van der Waals surface area contributed by atoms with Crippen molar-refractivity contribution in [2.24, 2.45) is 103 Å². The number of aliphatic hydroxyl groups is 2. The Morgan fingerprint density at radius 2 is 0.741 bits per heavy atom. The molecular formula is C108H160O39. The Bertz CT molecular complexity index is 4760. The molecule has 4 bridgehead atoms. The highest BCUT2D eigenvalue weighted by molar-refractivity contribution is 5.88. The molecule has 13 aliphatic heterocycles. The predicted molar refractivity (Wildman–Crippen MR) is 509 cm³/mol. The van der Waals surface area contributed by atoms with Crippen molar-refractivity contribution in [1.29, 1.82) is 0 Å². The summed E-state index contributed by atoms with van der Waals surface area (Å²) in [5.74, 6) is -1.26. The number of rotatable bonds is 20. The average Bonchev–Trinajstić information content (AvgIpc) is 1.52. The third-order valence-electron chi connectivity index (χ3n) is 35.3. The average molecular weight is 2080 g/mol. The first-order chi connectivity index (χ1) is 68.7. The number of ether oxygens (including phenoxy) is 23. The van der Waals surface area contributed by atoms with E-state index in [9.17, 15) is 77.3 Å². The zero-order valence-corrected chi connectivity index (χ0v) is 90.3. The van der Waals surface area contributed by atoms with E-state index in [-0.39, 0.29) is 89.5 Å². The first-order valence-corrected chi connectivity index (χ1v) is 53.5. The van der Waals surface area contributed by atoms with Crippen molar-refractivity contribution in [2.45, 2.75) is 466 Å². The number of hydrogen-bond acceptors (Lipinski definition) is 39. The highest BCUT2D eigenvalue weighted by atomic mass is 16.9. The van der Waals surface area contributed by atoms with Crippen LogP contribution >= 0.6 is 0 Å². The summed E-state index contributed by atoms with van der Waals surface area (Å²) in [6, 6.07) is 0. The number of aliphatic hydroxyl groups excluding tert-OH is 2. The van der Waals surface area contributed by atoms with Crippen LogP contribution in [0.4, 0.5) is 0 Å². The Kier molecular flexibility index (Phi) is 34.1. The van der Waals surface area contributed by atoms with E-state index in [1.54, 1.807) is 55.4 Å². The second kappa shape index (κ2) is 43.8. The lowest BCUT2D eigenvalue weighted by Gasteiger charge is -2.38. The molecule has 826 valence electrons. The Labute approximate surface area is 860 Å². The zero-order chi connectivity index (χ0) is 108. The molecule has 0 aromatic rings. The molecule has 21 aliphatic rings. The summed E-state index contributed by atoms with van der Waals surface area (Å²) < 4.78 is 125. The van der Waals surface area contributed by atoms with Gasteiger partial charge in [0.1, 0.15) is 48.8 Å². The third-order valence-corrected chi connectivity index (χ3v) is 35.3. The van der Waals surface area contributed by atoms with E-state index in [0.717, 1.165) is 99.9 Å². The van der Waals surface area contributed by atoms with Crippen molar-refractivity contribution in [3.05, 3.63) is 12.2 Å². The van der Waals surface area contributed by atoms with Gasteiger partial charge in [-0.1, -0.05) is 61.0 Å². The van der Waals surface area contributed by atoms with E-state index in [2.05, 4.69) is 4.74 Å². The fraction of sp³-hybridized carbons (Fsp3) is 0.852. The van der Waals surface area contributed by atoms with Gasteiger partial charge in [0.15, 0.2) is 66.8 Å². The van der Waals surface area contributed by atoms with Crippen molar-refractivity contribution < 1.29 is 186 Å². The molecule has 2 N–H and O–H groups in total. The van der Waals surface area contributed by atoms with Gasteiger partial charge >= 0.3 is 83.6 Å². The van der Waals surface area contributed by atoms with E-state index < -0.39 is 208 Å². The maximum absolute atomic E-state index is 12.3. The summed E-state index contributed by atoms with van der Waals surface area (Å²) in [6.45, 7) is 46.5. The third kappa shape index (κ3) is 23.3. The summed E-state index contributed by atoms with van der Waals surface area (Å²) >= 11 is 0. The lowest BCUT2D eigenvalue weighted by molar-refractivity contribution is -0.246. The van der Waals surface area contributed by atoms with Gasteiger partial charge in [0, 0.05) is 30.6 Å².